The van der Waals surface area contributed by atoms with E-state index in [1.54, 1.807) is 19.1 Å². The topological polar surface area (TPSA) is 46.4 Å². The summed E-state index contributed by atoms with van der Waals surface area (Å²) in [6, 6.07) is 6.25. The van der Waals surface area contributed by atoms with Crippen molar-refractivity contribution in [2.24, 2.45) is 0 Å². The van der Waals surface area contributed by atoms with Crippen LogP contribution in [0.4, 0.5) is 18.9 Å². The number of imidazole rings is 1. The molecule has 0 fully saturated rings. The molecular weight excluding hydrogens is 378 g/mol. The molecule has 3 aromatic rings. The molecule has 130 valence electrons. The molecule has 0 aliphatic rings. The van der Waals surface area contributed by atoms with Crippen molar-refractivity contribution in [2.45, 2.75) is 13.1 Å². The Hall–Kier alpha value is -2.25. The monoisotopic (exact) mass is 387 g/mol. The molecule has 1 aromatic carbocycles. The maximum Gasteiger partial charge on any atom is 0.418 e. The highest BCUT2D eigenvalue weighted by atomic mass is 35.5. The van der Waals surface area contributed by atoms with Crippen LogP contribution in [0.3, 0.4) is 0 Å². The van der Waals surface area contributed by atoms with Crippen molar-refractivity contribution < 1.29 is 18.0 Å². The van der Waals surface area contributed by atoms with E-state index >= 15 is 0 Å². The molecule has 9 heteroatoms. The minimum Gasteiger partial charge on any atom is -0.320 e. The number of nitrogens with one attached hydrogen (secondary N) is 1. The predicted octanol–water partition coefficient (Wildman–Crippen LogP) is 5.22. The molecule has 0 radical (unpaired) electrons. The van der Waals surface area contributed by atoms with Gasteiger partial charge in [-0.1, -0.05) is 23.2 Å². The summed E-state index contributed by atoms with van der Waals surface area (Å²) in [5.41, 5.74) is -0.507. The summed E-state index contributed by atoms with van der Waals surface area (Å²) in [4.78, 5) is 16.8. The average Bonchev–Trinajstić information content (AvgIpc) is 2.82. The van der Waals surface area contributed by atoms with Crippen LogP contribution in [-0.4, -0.2) is 15.3 Å². The summed E-state index contributed by atoms with van der Waals surface area (Å²) in [6.45, 7) is 1.59. The van der Waals surface area contributed by atoms with E-state index in [0.717, 1.165) is 12.1 Å². The van der Waals surface area contributed by atoms with Gasteiger partial charge >= 0.3 is 6.18 Å². The molecule has 4 nitrogen and oxygen atoms in total. The molecule has 0 unspecified atom stereocenters. The summed E-state index contributed by atoms with van der Waals surface area (Å²) < 4.78 is 40.9. The van der Waals surface area contributed by atoms with Gasteiger partial charge in [-0.2, -0.15) is 13.2 Å². The Morgan fingerprint density at radius 1 is 1.16 bits per heavy atom. The number of aromatic nitrogens is 2. The lowest BCUT2D eigenvalue weighted by atomic mass is 10.1. The van der Waals surface area contributed by atoms with Gasteiger partial charge in [-0.3, -0.25) is 9.20 Å². The van der Waals surface area contributed by atoms with Gasteiger partial charge in [0.2, 0.25) is 0 Å². The third-order valence-electron chi connectivity index (χ3n) is 3.51. The van der Waals surface area contributed by atoms with Crippen LogP contribution in [0.5, 0.6) is 0 Å². The van der Waals surface area contributed by atoms with E-state index in [1.165, 1.54) is 16.7 Å². The minimum absolute atomic E-state index is 0.0778. The number of fused-ring (bicyclic) bond motifs is 1. The van der Waals surface area contributed by atoms with Crippen LogP contribution in [0.1, 0.15) is 21.7 Å². The van der Waals surface area contributed by atoms with Crippen molar-refractivity contribution in [1.82, 2.24) is 9.38 Å². The van der Waals surface area contributed by atoms with Crippen LogP contribution in [0.25, 0.3) is 5.65 Å². The second kappa shape index (κ2) is 6.24. The Balaban J connectivity index is 2.03. The molecular formula is C16H10Cl2F3N3O. The van der Waals surface area contributed by atoms with Gasteiger partial charge in [0.05, 0.1) is 16.9 Å². The Bertz CT molecular complexity index is 983. The molecule has 0 spiro atoms. The summed E-state index contributed by atoms with van der Waals surface area (Å²) in [5.74, 6) is -0.722. The number of amides is 1. The van der Waals surface area contributed by atoms with Gasteiger partial charge in [-0.25, -0.2) is 4.98 Å². The smallest absolute Gasteiger partial charge is 0.320 e. The second-order valence-electron chi connectivity index (χ2n) is 5.26. The molecule has 0 aliphatic heterocycles. The van der Waals surface area contributed by atoms with Gasteiger partial charge in [0.15, 0.2) is 0 Å². The van der Waals surface area contributed by atoms with Crippen molar-refractivity contribution in [3.05, 3.63) is 63.5 Å². The van der Waals surface area contributed by atoms with Crippen LogP contribution in [0.2, 0.25) is 10.0 Å². The molecule has 1 amide bonds. The van der Waals surface area contributed by atoms with Crippen LogP contribution in [0, 0.1) is 6.92 Å². The number of hydrogen-bond donors (Lipinski definition) is 1. The van der Waals surface area contributed by atoms with Crippen LogP contribution >= 0.6 is 23.2 Å². The number of nitrogens with zero attached hydrogens (tertiary/aromatic N) is 2. The Morgan fingerprint density at radius 2 is 1.84 bits per heavy atom. The zero-order chi connectivity index (χ0) is 18.4. The number of anilines is 1. The number of pyridine rings is 1. The lowest BCUT2D eigenvalue weighted by Gasteiger charge is -2.14. The van der Waals surface area contributed by atoms with Crippen molar-refractivity contribution in [1.29, 1.82) is 0 Å². The molecule has 3 rings (SSSR count). The third kappa shape index (κ3) is 3.43. The summed E-state index contributed by atoms with van der Waals surface area (Å²) >= 11 is 11.5. The maximum absolute atomic E-state index is 13.2. The maximum atomic E-state index is 13.2. The molecule has 1 N–H and O–H groups in total. The normalized spacial score (nSPS) is 11.8. The van der Waals surface area contributed by atoms with Gasteiger partial charge in [-0.15, -0.1) is 0 Å². The number of alkyl halides is 3. The van der Waals surface area contributed by atoms with Crippen molar-refractivity contribution >= 4 is 40.4 Å². The Labute approximate surface area is 150 Å². The number of rotatable bonds is 2. The van der Waals surface area contributed by atoms with E-state index in [-0.39, 0.29) is 16.4 Å². The van der Waals surface area contributed by atoms with Gasteiger partial charge in [0.1, 0.15) is 11.3 Å². The first kappa shape index (κ1) is 17.6. The first-order chi connectivity index (χ1) is 11.7. The SMILES string of the molecule is Cc1nc2cc(Cl)ccn2c1C(=O)Nc1ccc(Cl)cc1C(F)(F)F. The fraction of sp³-hybridized carbons (Fsp3) is 0.125. The number of carbonyl (C=O) groups is 1. The highest BCUT2D eigenvalue weighted by Gasteiger charge is 2.34. The van der Waals surface area contributed by atoms with E-state index < -0.39 is 17.6 Å². The van der Waals surface area contributed by atoms with Crippen molar-refractivity contribution in [3.8, 4) is 0 Å². The van der Waals surface area contributed by atoms with Crippen molar-refractivity contribution in [3.63, 3.8) is 0 Å². The number of hydrogen-bond acceptors (Lipinski definition) is 2. The highest BCUT2D eigenvalue weighted by Crippen LogP contribution is 2.36. The van der Waals surface area contributed by atoms with Gasteiger partial charge in [-0.05, 0) is 31.2 Å². The van der Waals surface area contributed by atoms with E-state index in [4.69, 9.17) is 23.2 Å². The first-order valence-electron chi connectivity index (χ1n) is 6.99. The quantitative estimate of drug-likeness (QED) is 0.654. The van der Waals surface area contributed by atoms with Crippen molar-refractivity contribution in [2.75, 3.05) is 5.32 Å². The molecule has 0 saturated carbocycles. The molecule has 25 heavy (non-hydrogen) atoms. The molecule has 2 aromatic heterocycles. The second-order valence-corrected chi connectivity index (χ2v) is 6.13. The van der Waals surface area contributed by atoms with E-state index in [2.05, 4.69) is 10.3 Å². The number of halogens is 5. The lowest BCUT2D eigenvalue weighted by Crippen LogP contribution is -2.19. The summed E-state index contributed by atoms with van der Waals surface area (Å²) in [6.07, 6.45) is -3.13. The average molecular weight is 388 g/mol. The number of benzene rings is 1. The van der Waals surface area contributed by atoms with Gasteiger partial charge in [0, 0.05) is 22.3 Å². The number of aryl methyl sites for hydroxylation is 1. The molecule has 0 aliphatic carbocycles. The van der Waals surface area contributed by atoms with Crippen LogP contribution < -0.4 is 5.32 Å². The fourth-order valence-corrected chi connectivity index (χ4v) is 2.78. The molecule has 0 atom stereocenters. The van der Waals surface area contributed by atoms with Crippen LogP contribution in [0.15, 0.2) is 36.5 Å². The third-order valence-corrected chi connectivity index (χ3v) is 3.98. The van der Waals surface area contributed by atoms with E-state index in [9.17, 15) is 18.0 Å². The van der Waals surface area contributed by atoms with E-state index in [0.29, 0.717) is 16.4 Å². The first-order valence-corrected chi connectivity index (χ1v) is 7.74. The number of carbonyl (C=O) groups excluding carboxylic acids is 1. The standard InChI is InChI=1S/C16H10Cl2F3N3O/c1-8-14(24-5-4-10(18)7-13(24)22-8)15(25)23-12-3-2-9(17)6-11(12)16(19,20)21/h2-7H,1H3,(H,23,25). The molecule has 2 heterocycles. The summed E-state index contributed by atoms with van der Waals surface area (Å²) in [7, 11) is 0. The van der Waals surface area contributed by atoms with Gasteiger partial charge in [0.25, 0.3) is 5.91 Å². The van der Waals surface area contributed by atoms with Crippen LogP contribution in [-0.2, 0) is 6.18 Å². The summed E-state index contributed by atoms with van der Waals surface area (Å²) in [5, 5.41) is 2.64. The Kier molecular flexibility index (Phi) is 4.38. The fourth-order valence-electron chi connectivity index (χ4n) is 2.45. The molecule has 0 bridgehead atoms. The van der Waals surface area contributed by atoms with Gasteiger partial charge < -0.3 is 5.32 Å². The van der Waals surface area contributed by atoms with E-state index in [1.807, 2.05) is 0 Å². The lowest BCUT2D eigenvalue weighted by molar-refractivity contribution is -0.136. The largest absolute Gasteiger partial charge is 0.418 e. The minimum atomic E-state index is -4.66. The highest BCUT2D eigenvalue weighted by molar-refractivity contribution is 6.31. The zero-order valence-electron chi connectivity index (χ0n) is 12.7. The predicted molar refractivity (Wildman–Crippen MR) is 89.3 cm³/mol. The zero-order valence-corrected chi connectivity index (χ0v) is 14.2. The Morgan fingerprint density at radius 3 is 2.52 bits per heavy atom. The molecule has 0 saturated heterocycles.